The number of ether oxygens (including phenoxy) is 2. The first-order chi connectivity index (χ1) is 22.2. The molecular formula is C36H62N4O6. The number of carbonyl (C=O) groups excluding carboxylic acids is 2. The van der Waals surface area contributed by atoms with Gasteiger partial charge < -0.3 is 14.0 Å². The Morgan fingerprint density at radius 3 is 1.54 bits per heavy atom. The monoisotopic (exact) mass is 646 g/mol. The third kappa shape index (κ3) is 12.0. The second kappa shape index (κ2) is 21.8. The molecule has 262 valence electrons. The number of rotatable bonds is 26. The highest BCUT2D eigenvalue weighted by Gasteiger charge is 2.47. The van der Waals surface area contributed by atoms with Crippen LogP contribution in [-0.2, 0) is 39.6 Å². The van der Waals surface area contributed by atoms with Gasteiger partial charge in [-0.2, -0.15) is 0 Å². The van der Waals surface area contributed by atoms with Crippen molar-refractivity contribution in [2.24, 2.45) is 19.5 Å². The maximum absolute atomic E-state index is 13.2. The van der Waals surface area contributed by atoms with E-state index >= 15 is 0 Å². The SMILES string of the molecule is CCCCCCCCCCCC(CCCCCCCCCCCc1nc2c(c(=O)[nH]c(=O)n2C)n1C)(C(=O)OCC)C(=O)OCC. The summed E-state index contributed by atoms with van der Waals surface area (Å²) in [5.41, 5.74) is -1.17. The summed E-state index contributed by atoms with van der Waals surface area (Å²) >= 11 is 0. The number of carbonyl (C=O) groups is 2. The number of hydrogen-bond donors (Lipinski definition) is 1. The van der Waals surface area contributed by atoms with Gasteiger partial charge in [0.15, 0.2) is 16.6 Å². The summed E-state index contributed by atoms with van der Waals surface area (Å²) in [6, 6.07) is 0. The van der Waals surface area contributed by atoms with E-state index in [4.69, 9.17) is 9.47 Å². The van der Waals surface area contributed by atoms with Crippen molar-refractivity contribution in [1.82, 2.24) is 19.1 Å². The molecule has 0 saturated carbocycles. The van der Waals surface area contributed by atoms with Gasteiger partial charge in [-0.05, 0) is 33.1 Å². The van der Waals surface area contributed by atoms with E-state index in [1.165, 1.54) is 43.1 Å². The Bertz CT molecular complexity index is 1280. The van der Waals surface area contributed by atoms with Crippen molar-refractivity contribution >= 4 is 23.1 Å². The van der Waals surface area contributed by atoms with Crippen LogP contribution in [0.15, 0.2) is 9.59 Å². The van der Waals surface area contributed by atoms with E-state index in [-0.39, 0.29) is 13.2 Å². The van der Waals surface area contributed by atoms with Crippen LogP contribution in [0, 0.1) is 5.41 Å². The summed E-state index contributed by atoms with van der Waals surface area (Å²) in [6.45, 7) is 6.34. The number of aryl methyl sites for hydroxylation is 3. The summed E-state index contributed by atoms with van der Waals surface area (Å²) < 4.78 is 14.1. The minimum absolute atomic E-state index is 0.261. The molecule has 10 nitrogen and oxygen atoms in total. The standard InChI is InChI=1S/C36H62N4O6/c1-6-9-10-11-12-15-18-21-24-27-36(33(42)45-7-2,34(43)46-8-3)28-25-22-19-16-13-14-17-20-23-26-29-37-31-30(39(29)4)32(41)38-35(44)40(31)5/h6-28H2,1-5H3,(H,38,41,44). The molecule has 2 rings (SSSR count). The fourth-order valence-corrected chi connectivity index (χ4v) is 6.42. The number of aromatic amines is 1. The van der Waals surface area contributed by atoms with E-state index in [0.717, 1.165) is 89.3 Å². The van der Waals surface area contributed by atoms with E-state index in [9.17, 15) is 19.2 Å². The van der Waals surface area contributed by atoms with Crippen LogP contribution in [-0.4, -0.2) is 44.3 Å². The first-order valence-electron chi connectivity index (χ1n) is 18.2. The second-order valence-electron chi connectivity index (χ2n) is 12.9. The molecule has 0 aliphatic rings. The molecule has 0 aliphatic heterocycles. The summed E-state index contributed by atoms with van der Waals surface area (Å²) in [5, 5.41) is 0. The van der Waals surface area contributed by atoms with Gasteiger partial charge in [-0.25, -0.2) is 9.78 Å². The Labute approximate surface area is 276 Å². The summed E-state index contributed by atoms with van der Waals surface area (Å²) in [7, 11) is 3.44. The molecule has 0 spiro atoms. The number of unbranched alkanes of at least 4 members (excludes halogenated alkanes) is 16. The van der Waals surface area contributed by atoms with Gasteiger partial charge in [-0.1, -0.05) is 116 Å². The van der Waals surface area contributed by atoms with Gasteiger partial charge in [0, 0.05) is 20.5 Å². The largest absolute Gasteiger partial charge is 0.465 e. The summed E-state index contributed by atoms with van der Waals surface area (Å²) in [5.74, 6) is -0.00813. The Hall–Kier alpha value is -2.91. The van der Waals surface area contributed by atoms with E-state index < -0.39 is 28.6 Å². The third-order valence-electron chi connectivity index (χ3n) is 9.27. The number of H-pyrrole nitrogens is 1. The maximum Gasteiger partial charge on any atom is 0.329 e. The first kappa shape index (κ1) is 39.3. The van der Waals surface area contributed by atoms with Gasteiger partial charge in [-0.15, -0.1) is 0 Å². The predicted octanol–water partition coefficient (Wildman–Crippen LogP) is 7.44. The zero-order chi connectivity index (χ0) is 33.8. The maximum atomic E-state index is 13.2. The molecule has 2 aromatic heterocycles. The van der Waals surface area contributed by atoms with Gasteiger partial charge in [0.25, 0.3) is 5.56 Å². The van der Waals surface area contributed by atoms with Gasteiger partial charge in [-0.3, -0.25) is 23.9 Å². The number of esters is 2. The van der Waals surface area contributed by atoms with Crippen LogP contribution < -0.4 is 11.2 Å². The van der Waals surface area contributed by atoms with Gasteiger partial charge in [0.2, 0.25) is 0 Å². The van der Waals surface area contributed by atoms with Crippen LogP contribution in [0.2, 0.25) is 0 Å². The average Bonchev–Trinajstić information content (AvgIpc) is 3.37. The van der Waals surface area contributed by atoms with Crippen molar-refractivity contribution in [3.05, 3.63) is 26.7 Å². The number of aromatic nitrogens is 4. The van der Waals surface area contributed by atoms with E-state index in [1.807, 2.05) is 7.05 Å². The van der Waals surface area contributed by atoms with Crippen LogP contribution >= 0.6 is 0 Å². The van der Waals surface area contributed by atoms with Crippen molar-refractivity contribution in [3.8, 4) is 0 Å². The molecule has 0 atom stereocenters. The Kier molecular flexibility index (Phi) is 18.6. The van der Waals surface area contributed by atoms with Crippen molar-refractivity contribution in [2.75, 3.05) is 13.2 Å². The molecule has 0 aromatic carbocycles. The lowest BCUT2D eigenvalue weighted by Gasteiger charge is -2.29. The Balaban J connectivity index is 1.71. The van der Waals surface area contributed by atoms with Crippen LogP contribution in [0.5, 0.6) is 0 Å². The van der Waals surface area contributed by atoms with Crippen LogP contribution in [0.1, 0.15) is 155 Å². The van der Waals surface area contributed by atoms with Crippen LogP contribution in [0.3, 0.4) is 0 Å². The highest BCUT2D eigenvalue weighted by atomic mass is 16.6. The molecule has 0 amide bonds. The Morgan fingerprint density at radius 1 is 0.652 bits per heavy atom. The lowest BCUT2D eigenvalue weighted by Crippen LogP contribution is -2.42. The Morgan fingerprint density at radius 2 is 1.09 bits per heavy atom. The smallest absolute Gasteiger partial charge is 0.329 e. The fraction of sp³-hybridized carbons (Fsp3) is 0.806. The van der Waals surface area contributed by atoms with E-state index in [1.54, 1.807) is 25.5 Å². The van der Waals surface area contributed by atoms with Gasteiger partial charge in [0.1, 0.15) is 5.82 Å². The highest BCUT2D eigenvalue weighted by Crippen LogP contribution is 2.35. The number of hydrogen-bond acceptors (Lipinski definition) is 7. The zero-order valence-corrected chi connectivity index (χ0v) is 29.6. The predicted molar refractivity (Wildman–Crippen MR) is 184 cm³/mol. The molecule has 0 aliphatic carbocycles. The second-order valence-corrected chi connectivity index (χ2v) is 12.9. The normalized spacial score (nSPS) is 11.8. The third-order valence-corrected chi connectivity index (χ3v) is 9.27. The van der Waals surface area contributed by atoms with Crippen LogP contribution in [0.4, 0.5) is 0 Å². The average molecular weight is 647 g/mol. The quantitative estimate of drug-likeness (QED) is 0.0640. The minimum Gasteiger partial charge on any atom is -0.465 e. The lowest BCUT2D eigenvalue weighted by atomic mass is 9.77. The molecule has 0 saturated heterocycles. The minimum atomic E-state index is -1.19. The molecule has 0 fully saturated rings. The molecule has 0 bridgehead atoms. The number of fused-ring (bicyclic) bond motifs is 1. The van der Waals surface area contributed by atoms with Crippen LogP contribution in [0.25, 0.3) is 11.2 Å². The summed E-state index contributed by atoms with van der Waals surface area (Å²) in [4.78, 5) is 57.4. The molecule has 2 heterocycles. The molecule has 46 heavy (non-hydrogen) atoms. The number of nitrogens with one attached hydrogen (secondary N) is 1. The van der Waals surface area contributed by atoms with Crippen molar-refractivity contribution in [1.29, 1.82) is 0 Å². The van der Waals surface area contributed by atoms with E-state index in [2.05, 4.69) is 16.9 Å². The zero-order valence-electron chi connectivity index (χ0n) is 29.6. The van der Waals surface area contributed by atoms with E-state index in [0.29, 0.717) is 24.0 Å². The van der Waals surface area contributed by atoms with Crippen molar-refractivity contribution in [2.45, 2.75) is 156 Å². The van der Waals surface area contributed by atoms with Gasteiger partial charge in [0.05, 0.1) is 13.2 Å². The topological polar surface area (TPSA) is 125 Å². The molecular weight excluding hydrogens is 584 g/mol. The molecule has 1 N–H and O–H groups in total. The summed E-state index contributed by atoms with van der Waals surface area (Å²) in [6.07, 6.45) is 21.9. The molecule has 0 radical (unpaired) electrons. The van der Waals surface area contributed by atoms with Crippen molar-refractivity contribution in [3.63, 3.8) is 0 Å². The fourth-order valence-electron chi connectivity index (χ4n) is 6.42. The number of nitrogens with zero attached hydrogens (tertiary/aromatic N) is 3. The molecule has 2 aromatic rings. The molecule has 10 heteroatoms. The lowest BCUT2D eigenvalue weighted by molar-refractivity contribution is -0.173. The number of imidazole rings is 1. The first-order valence-corrected chi connectivity index (χ1v) is 18.2. The van der Waals surface area contributed by atoms with Crippen molar-refractivity contribution < 1.29 is 19.1 Å². The van der Waals surface area contributed by atoms with Gasteiger partial charge >= 0.3 is 17.6 Å². The molecule has 0 unspecified atom stereocenters. The highest BCUT2D eigenvalue weighted by molar-refractivity contribution is 6.00.